The maximum Gasteiger partial charge on any atom is 0.253 e. The lowest BCUT2D eigenvalue weighted by Gasteiger charge is -2.27. The lowest BCUT2D eigenvalue weighted by molar-refractivity contribution is -0.124. The van der Waals surface area contributed by atoms with Crippen molar-refractivity contribution < 1.29 is 18.4 Å². The average Bonchev–Trinajstić information content (AvgIpc) is 3.17. The molecular weight excluding hydrogens is 350 g/mol. The van der Waals surface area contributed by atoms with Crippen LogP contribution >= 0.6 is 11.6 Å². The van der Waals surface area contributed by atoms with Crippen molar-refractivity contribution in [2.24, 2.45) is 17.8 Å². The van der Waals surface area contributed by atoms with Crippen LogP contribution in [0, 0.1) is 17.8 Å². The molecule has 0 aliphatic heterocycles. The number of anilines is 1. The molecule has 4 rings (SSSR count). The first-order chi connectivity index (χ1) is 11.8. The van der Waals surface area contributed by atoms with Gasteiger partial charge in [0, 0.05) is 30.0 Å². The van der Waals surface area contributed by atoms with E-state index < -0.39 is 11.8 Å². The molecule has 0 saturated heterocycles. The summed E-state index contributed by atoms with van der Waals surface area (Å²) in [6, 6.07) is 4.93. The molecule has 0 aromatic heterocycles. The number of benzene rings is 1. The molecule has 0 unspecified atom stereocenters. The predicted molar refractivity (Wildman–Crippen MR) is 89.8 cm³/mol. The lowest BCUT2D eigenvalue weighted by atomic mass is 9.86. The van der Waals surface area contributed by atoms with Gasteiger partial charge >= 0.3 is 0 Å². The Labute approximate surface area is 149 Å². The van der Waals surface area contributed by atoms with Crippen LogP contribution < -0.4 is 10.6 Å². The van der Waals surface area contributed by atoms with Crippen LogP contribution in [0.5, 0.6) is 0 Å². The molecule has 25 heavy (non-hydrogen) atoms. The number of hydrogen-bond acceptors (Lipinski definition) is 2. The number of halogens is 3. The molecule has 7 heteroatoms. The summed E-state index contributed by atoms with van der Waals surface area (Å²) in [5, 5.41) is 5.94. The Morgan fingerprint density at radius 1 is 1.20 bits per heavy atom. The van der Waals surface area contributed by atoms with Gasteiger partial charge in [0.1, 0.15) is 0 Å². The van der Waals surface area contributed by atoms with Crippen molar-refractivity contribution in [1.82, 2.24) is 5.32 Å². The van der Waals surface area contributed by atoms with Crippen LogP contribution in [0.15, 0.2) is 18.2 Å². The second kappa shape index (κ2) is 5.94. The summed E-state index contributed by atoms with van der Waals surface area (Å²) in [5.74, 6) is -4.47. The predicted octanol–water partition coefficient (Wildman–Crippen LogP) is 3.85. The van der Waals surface area contributed by atoms with Crippen LogP contribution in [0.25, 0.3) is 0 Å². The summed E-state index contributed by atoms with van der Waals surface area (Å²) in [7, 11) is 0. The van der Waals surface area contributed by atoms with Gasteiger partial charge in [-0.3, -0.25) is 9.59 Å². The highest BCUT2D eigenvalue weighted by molar-refractivity contribution is 6.34. The van der Waals surface area contributed by atoms with Crippen LogP contribution in [-0.2, 0) is 4.79 Å². The summed E-state index contributed by atoms with van der Waals surface area (Å²) in [6.07, 6.45) is 2.38. The van der Waals surface area contributed by atoms with E-state index in [1.807, 2.05) is 0 Å². The van der Waals surface area contributed by atoms with E-state index in [1.54, 1.807) is 18.2 Å². The second-order valence-electron chi connectivity index (χ2n) is 7.43. The molecule has 1 aromatic rings. The van der Waals surface area contributed by atoms with Crippen LogP contribution in [0.2, 0.25) is 5.02 Å². The van der Waals surface area contributed by atoms with Crippen molar-refractivity contribution in [3.05, 3.63) is 28.8 Å². The van der Waals surface area contributed by atoms with Gasteiger partial charge in [0.15, 0.2) is 0 Å². The zero-order valence-corrected chi connectivity index (χ0v) is 14.3. The van der Waals surface area contributed by atoms with Crippen LogP contribution in [0.4, 0.5) is 14.5 Å². The largest absolute Gasteiger partial charge is 0.349 e. The van der Waals surface area contributed by atoms with Gasteiger partial charge in [-0.15, -0.1) is 0 Å². The van der Waals surface area contributed by atoms with E-state index in [9.17, 15) is 18.4 Å². The number of hydrogen-bond donors (Lipinski definition) is 2. The number of fused-ring (bicyclic) bond motifs is 2. The highest BCUT2D eigenvalue weighted by Gasteiger charge is 2.58. The van der Waals surface area contributed by atoms with E-state index in [0.29, 0.717) is 22.7 Å². The Kier molecular flexibility index (Phi) is 3.98. The van der Waals surface area contributed by atoms with Crippen LogP contribution in [0.1, 0.15) is 42.5 Å². The third-order valence-electron chi connectivity index (χ3n) is 5.55. The van der Waals surface area contributed by atoms with E-state index in [-0.39, 0.29) is 42.5 Å². The third-order valence-corrected chi connectivity index (χ3v) is 5.88. The summed E-state index contributed by atoms with van der Waals surface area (Å²) in [6.45, 7) is 0. The van der Waals surface area contributed by atoms with Gasteiger partial charge < -0.3 is 10.6 Å². The second-order valence-corrected chi connectivity index (χ2v) is 7.84. The SMILES string of the molecule is O=C(NC1CC1)c1cc(NC(=O)[C@H]2C[C@@H]3C[C@H]2CC3(F)F)ccc1Cl. The Balaban J connectivity index is 1.44. The van der Waals surface area contributed by atoms with E-state index in [2.05, 4.69) is 10.6 Å². The smallest absolute Gasteiger partial charge is 0.253 e. The van der Waals surface area contributed by atoms with Gasteiger partial charge in [-0.25, -0.2) is 8.78 Å². The monoisotopic (exact) mass is 368 g/mol. The number of alkyl halides is 2. The maximum absolute atomic E-state index is 13.6. The maximum atomic E-state index is 13.6. The fourth-order valence-electron chi connectivity index (χ4n) is 4.04. The minimum atomic E-state index is -2.63. The quantitative estimate of drug-likeness (QED) is 0.848. The molecule has 3 aliphatic rings. The molecule has 134 valence electrons. The van der Waals surface area contributed by atoms with Gasteiger partial charge in [-0.1, -0.05) is 11.6 Å². The van der Waals surface area contributed by atoms with Gasteiger partial charge in [-0.05, 0) is 49.8 Å². The van der Waals surface area contributed by atoms with E-state index >= 15 is 0 Å². The molecule has 3 atom stereocenters. The van der Waals surface area contributed by atoms with Crippen LogP contribution in [0.3, 0.4) is 0 Å². The minimum absolute atomic E-state index is 0.203. The number of amides is 2. The fraction of sp³-hybridized carbons (Fsp3) is 0.556. The number of nitrogens with one attached hydrogen (secondary N) is 2. The molecule has 1 aromatic carbocycles. The lowest BCUT2D eigenvalue weighted by Crippen LogP contribution is -2.34. The Morgan fingerprint density at radius 3 is 2.56 bits per heavy atom. The average molecular weight is 369 g/mol. The topological polar surface area (TPSA) is 58.2 Å². The standard InChI is InChI=1S/C18H19ClF2N2O2/c19-15-4-3-12(7-14(15)17(25)22-11-1-2-11)23-16(24)13-6-10-5-9(13)8-18(10,20)21/h3-4,7,9-11,13H,1-2,5-6,8H2,(H,22,25)(H,23,24)/t9-,10-,13-/m0/s1. The number of carbonyl (C=O) groups excluding carboxylic acids is 2. The summed E-state index contributed by atoms with van der Waals surface area (Å²) in [4.78, 5) is 24.7. The van der Waals surface area contributed by atoms with E-state index in [1.165, 1.54) is 0 Å². The first-order valence-corrected chi connectivity index (χ1v) is 9.00. The molecule has 3 saturated carbocycles. The normalized spacial score (nSPS) is 29.5. The highest BCUT2D eigenvalue weighted by Crippen LogP contribution is 2.56. The first-order valence-electron chi connectivity index (χ1n) is 8.62. The van der Waals surface area contributed by atoms with Crippen molar-refractivity contribution in [3.63, 3.8) is 0 Å². The van der Waals surface area contributed by atoms with Crippen molar-refractivity contribution >= 4 is 29.1 Å². The first kappa shape index (κ1) is 16.8. The molecule has 3 aliphatic carbocycles. The fourth-order valence-corrected chi connectivity index (χ4v) is 4.24. The van der Waals surface area contributed by atoms with Crippen molar-refractivity contribution in [2.45, 2.75) is 44.1 Å². The van der Waals surface area contributed by atoms with Gasteiger partial charge in [0.05, 0.1) is 10.6 Å². The summed E-state index contributed by atoms with van der Waals surface area (Å²) >= 11 is 6.08. The molecule has 3 fully saturated rings. The van der Waals surface area contributed by atoms with Gasteiger partial charge in [0.2, 0.25) is 5.91 Å². The van der Waals surface area contributed by atoms with E-state index in [0.717, 1.165) is 12.8 Å². The van der Waals surface area contributed by atoms with Gasteiger partial charge in [0.25, 0.3) is 11.8 Å². The van der Waals surface area contributed by atoms with Crippen molar-refractivity contribution in [1.29, 1.82) is 0 Å². The number of carbonyl (C=O) groups is 2. The molecular formula is C18H19ClF2N2O2. The minimum Gasteiger partial charge on any atom is -0.349 e. The molecule has 4 nitrogen and oxygen atoms in total. The molecule has 0 radical (unpaired) electrons. The Morgan fingerprint density at radius 2 is 1.96 bits per heavy atom. The number of rotatable bonds is 4. The molecule has 0 heterocycles. The molecule has 2 N–H and O–H groups in total. The molecule has 2 amide bonds. The highest BCUT2D eigenvalue weighted by atomic mass is 35.5. The third kappa shape index (κ3) is 3.24. The van der Waals surface area contributed by atoms with Crippen molar-refractivity contribution in [2.75, 3.05) is 5.32 Å². The zero-order valence-electron chi connectivity index (χ0n) is 13.5. The van der Waals surface area contributed by atoms with Gasteiger partial charge in [-0.2, -0.15) is 0 Å². The van der Waals surface area contributed by atoms with Crippen molar-refractivity contribution in [3.8, 4) is 0 Å². The Hall–Kier alpha value is -1.69. The summed E-state index contributed by atoms with van der Waals surface area (Å²) < 4.78 is 27.2. The molecule has 0 spiro atoms. The van der Waals surface area contributed by atoms with E-state index in [4.69, 9.17) is 11.6 Å². The van der Waals surface area contributed by atoms with Crippen LogP contribution in [-0.4, -0.2) is 23.8 Å². The zero-order chi connectivity index (χ0) is 17.8. The Bertz CT molecular complexity index is 736. The summed E-state index contributed by atoms with van der Waals surface area (Å²) in [5.41, 5.74) is 0.774. The molecule has 2 bridgehead atoms.